The number of methoxy groups -OCH3 is 1. The highest BCUT2D eigenvalue weighted by molar-refractivity contribution is 5.95. The zero-order valence-corrected chi connectivity index (χ0v) is 11.8. The van der Waals surface area contributed by atoms with Gasteiger partial charge in [0, 0.05) is 25.1 Å². The number of halogens is 1. The molecule has 2 rings (SSSR count). The number of nitrogens with zero attached hydrogens (tertiary/aromatic N) is 2. The van der Waals surface area contributed by atoms with Crippen molar-refractivity contribution < 1.29 is 19.1 Å². The summed E-state index contributed by atoms with van der Waals surface area (Å²) in [4.78, 5) is 14.0. The molecule has 0 aromatic heterocycles. The van der Waals surface area contributed by atoms with E-state index in [0.717, 1.165) is 12.8 Å². The second-order valence-electron chi connectivity index (χ2n) is 4.92. The number of rotatable bonds is 6. The Morgan fingerprint density at radius 1 is 1.57 bits per heavy atom. The molecule has 0 atom stereocenters. The maximum Gasteiger partial charge on any atom is 0.257 e. The normalized spacial score (nSPS) is 14.9. The number of ether oxygens (including phenoxy) is 1. The molecule has 1 fully saturated rings. The zero-order valence-electron chi connectivity index (χ0n) is 11.8. The second-order valence-corrected chi connectivity index (χ2v) is 4.92. The minimum atomic E-state index is -0.617. The number of nitrogens with two attached hydrogens (primary N) is 1. The first-order valence-corrected chi connectivity index (χ1v) is 6.67. The third kappa shape index (κ3) is 3.62. The predicted octanol–water partition coefficient (Wildman–Crippen LogP) is 1.58. The summed E-state index contributed by atoms with van der Waals surface area (Å²) < 4.78 is 18.9. The van der Waals surface area contributed by atoms with Crippen LogP contribution in [0.25, 0.3) is 0 Å². The van der Waals surface area contributed by atoms with Gasteiger partial charge in [0.15, 0.2) is 0 Å². The van der Waals surface area contributed by atoms with Gasteiger partial charge in [-0.05, 0) is 25.0 Å². The lowest BCUT2D eigenvalue weighted by Gasteiger charge is -2.22. The summed E-state index contributed by atoms with van der Waals surface area (Å²) in [5.74, 6) is -0.598. The zero-order chi connectivity index (χ0) is 15.4. The molecule has 6 nitrogen and oxygen atoms in total. The number of amidine groups is 1. The van der Waals surface area contributed by atoms with Crippen LogP contribution < -0.4 is 10.5 Å². The molecule has 1 aromatic carbocycles. The van der Waals surface area contributed by atoms with Crippen LogP contribution in [0.3, 0.4) is 0 Å². The van der Waals surface area contributed by atoms with Crippen molar-refractivity contribution in [2.45, 2.75) is 25.3 Å². The standard InChI is InChI=1S/C14H18FN3O3/c1-21-10-4-5-11(12(15)8-10)14(19)18(9-2-3-9)7-6-13(16)17-20/h4-5,8-9,20H,2-3,6-7H2,1H3,(H2,16,17). The Labute approximate surface area is 122 Å². The quantitative estimate of drug-likeness (QED) is 0.361. The Morgan fingerprint density at radius 2 is 2.29 bits per heavy atom. The largest absolute Gasteiger partial charge is 0.497 e. The van der Waals surface area contributed by atoms with Gasteiger partial charge in [0.25, 0.3) is 5.91 Å². The van der Waals surface area contributed by atoms with Crippen LogP contribution >= 0.6 is 0 Å². The van der Waals surface area contributed by atoms with Gasteiger partial charge in [0.2, 0.25) is 0 Å². The van der Waals surface area contributed by atoms with E-state index < -0.39 is 5.82 Å². The molecule has 21 heavy (non-hydrogen) atoms. The summed E-state index contributed by atoms with van der Waals surface area (Å²) in [5.41, 5.74) is 5.42. The Morgan fingerprint density at radius 3 is 2.81 bits per heavy atom. The van der Waals surface area contributed by atoms with Crippen molar-refractivity contribution in [3.05, 3.63) is 29.6 Å². The molecule has 1 amide bonds. The van der Waals surface area contributed by atoms with E-state index in [9.17, 15) is 9.18 Å². The SMILES string of the molecule is COc1ccc(C(=O)N(CC/C(N)=N/O)C2CC2)c(F)c1. The van der Waals surface area contributed by atoms with Crippen LogP contribution in [-0.2, 0) is 0 Å². The van der Waals surface area contributed by atoms with Crippen molar-refractivity contribution in [1.29, 1.82) is 0 Å². The van der Waals surface area contributed by atoms with Gasteiger partial charge >= 0.3 is 0 Å². The maximum absolute atomic E-state index is 14.0. The fraction of sp³-hybridized carbons (Fsp3) is 0.429. The molecule has 1 aliphatic rings. The molecular weight excluding hydrogens is 277 g/mol. The van der Waals surface area contributed by atoms with E-state index in [1.807, 2.05) is 0 Å². The molecule has 0 bridgehead atoms. The summed E-state index contributed by atoms with van der Waals surface area (Å²) >= 11 is 0. The topological polar surface area (TPSA) is 88.2 Å². The van der Waals surface area contributed by atoms with Gasteiger partial charge in [-0.3, -0.25) is 4.79 Å². The van der Waals surface area contributed by atoms with E-state index in [2.05, 4.69) is 5.16 Å². The van der Waals surface area contributed by atoms with Crippen LogP contribution in [-0.4, -0.2) is 41.5 Å². The van der Waals surface area contributed by atoms with Crippen molar-refractivity contribution >= 4 is 11.7 Å². The molecule has 0 aliphatic heterocycles. The first-order chi connectivity index (χ1) is 10.1. The molecule has 1 saturated carbocycles. The summed E-state index contributed by atoms with van der Waals surface area (Å²) in [6.45, 7) is 0.296. The van der Waals surface area contributed by atoms with Gasteiger partial charge in [-0.2, -0.15) is 0 Å². The van der Waals surface area contributed by atoms with Crippen LogP contribution in [0, 0.1) is 5.82 Å². The number of carbonyl (C=O) groups is 1. The summed E-state index contributed by atoms with van der Waals surface area (Å²) in [7, 11) is 1.43. The number of oxime groups is 1. The maximum atomic E-state index is 14.0. The molecular formula is C14H18FN3O3. The van der Waals surface area contributed by atoms with E-state index in [4.69, 9.17) is 15.7 Å². The van der Waals surface area contributed by atoms with Gasteiger partial charge in [0.05, 0.1) is 12.7 Å². The lowest BCUT2D eigenvalue weighted by molar-refractivity contribution is 0.0742. The molecule has 114 valence electrons. The van der Waals surface area contributed by atoms with Gasteiger partial charge < -0.3 is 20.6 Å². The van der Waals surface area contributed by atoms with Crippen molar-refractivity contribution in [3.63, 3.8) is 0 Å². The molecule has 3 N–H and O–H groups in total. The van der Waals surface area contributed by atoms with E-state index in [-0.39, 0.29) is 29.8 Å². The Kier molecular flexibility index (Phi) is 4.62. The first-order valence-electron chi connectivity index (χ1n) is 6.67. The van der Waals surface area contributed by atoms with Crippen molar-refractivity contribution in [1.82, 2.24) is 4.90 Å². The van der Waals surface area contributed by atoms with E-state index >= 15 is 0 Å². The second kappa shape index (κ2) is 6.43. The highest BCUT2D eigenvalue weighted by atomic mass is 19.1. The summed E-state index contributed by atoms with van der Waals surface area (Å²) in [5, 5.41) is 11.4. The Balaban J connectivity index is 2.14. The Hall–Kier alpha value is -2.31. The highest BCUT2D eigenvalue weighted by Crippen LogP contribution is 2.29. The monoisotopic (exact) mass is 295 g/mol. The lowest BCUT2D eigenvalue weighted by atomic mass is 10.1. The summed E-state index contributed by atoms with van der Waals surface area (Å²) in [6, 6.07) is 4.24. The van der Waals surface area contributed by atoms with Gasteiger partial charge in [-0.1, -0.05) is 5.16 Å². The van der Waals surface area contributed by atoms with Crippen molar-refractivity contribution in [2.24, 2.45) is 10.9 Å². The van der Waals surface area contributed by atoms with Crippen molar-refractivity contribution in [2.75, 3.05) is 13.7 Å². The Bertz CT molecular complexity index is 558. The van der Waals surface area contributed by atoms with E-state index in [1.165, 1.54) is 19.2 Å². The van der Waals surface area contributed by atoms with E-state index in [0.29, 0.717) is 12.3 Å². The van der Waals surface area contributed by atoms with Gasteiger partial charge in [-0.15, -0.1) is 0 Å². The van der Waals surface area contributed by atoms with Crippen LogP contribution in [0.1, 0.15) is 29.6 Å². The number of carbonyl (C=O) groups excluding carboxylic acids is 1. The van der Waals surface area contributed by atoms with Crippen molar-refractivity contribution in [3.8, 4) is 5.75 Å². The average Bonchev–Trinajstić information content (AvgIpc) is 3.31. The minimum absolute atomic E-state index is 0.00205. The molecule has 0 heterocycles. The fourth-order valence-corrected chi connectivity index (χ4v) is 2.07. The molecule has 0 radical (unpaired) electrons. The third-order valence-electron chi connectivity index (χ3n) is 3.39. The number of benzene rings is 1. The molecule has 0 unspecified atom stereocenters. The lowest BCUT2D eigenvalue weighted by Crippen LogP contribution is -2.36. The predicted molar refractivity (Wildman–Crippen MR) is 75.0 cm³/mol. The number of hydrogen-bond acceptors (Lipinski definition) is 4. The highest BCUT2D eigenvalue weighted by Gasteiger charge is 2.33. The van der Waals surface area contributed by atoms with E-state index in [1.54, 1.807) is 11.0 Å². The first kappa shape index (κ1) is 15.1. The molecule has 7 heteroatoms. The van der Waals surface area contributed by atoms with Crippen LogP contribution in [0.2, 0.25) is 0 Å². The number of amides is 1. The molecule has 0 spiro atoms. The smallest absolute Gasteiger partial charge is 0.257 e. The fourth-order valence-electron chi connectivity index (χ4n) is 2.07. The van der Waals surface area contributed by atoms with Crippen LogP contribution in [0.4, 0.5) is 4.39 Å². The van der Waals surface area contributed by atoms with Gasteiger partial charge in [0.1, 0.15) is 17.4 Å². The summed E-state index contributed by atoms with van der Waals surface area (Å²) in [6.07, 6.45) is 2.02. The van der Waals surface area contributed by atoms with Crippen LogP contribution in [0.15, 0.2) is 23.4 Å². The average molecular weight is 295 g/mol. The molecule has 1 aliphatic carbocycles. The minimum Gasteiger partial charge on any atom is -0.497 e. The van der Waals surface area contributed by atoms with Crippen LogP contribution in [0.5, 0.6) is 5.75 Å². The molecule has 0 saturated heterocycles. The number of hydrogen-bond donors (Lipinski definition) is 2. The third-order valence-corrected chi connectivity index (χ3v) is 3.39. The molecule has 1 aromatic rings. The van der Waals surface area contributed by atoms with Gasteiger partial charge in [-0.25, -0.2) is 4.39 Å².